The van der Waals surface area contributed by atoms with Gasteiger partial charge in [0.1, 0.15) is 11.6 Å². The van der Waals surface area contributed by atoms with Crippen LogP contribution in [-0.4, -0.2) is 56.1 Å². The number of aryl methyl sites for hydroxylation is 2. The summed E-state index contributed by atoms with van der Waals surface area (Å²) in [4.78, 5) is 29.1. The van der Waals surface area contributed by atoms with Gasteiger partial charge in [0.2, 0.25) is 22.5 Å². The second-order valence-electron chi connectivity index (χ2n) is 4.88. The highest BCUT2D eigenvalue weighted by Crippen LogP contribution is 2.17. The lowest BCUT2D eigenvalue weighted by atomic mass is 10.3. The van der Waals surface area contributed by atoms with E-state index in [0.29, 0.717) is 23.5 Å². The Labute approximate surface area is 137 Å². The fraction of sp³-hybridized carbons (Fsp3) is 0.500. The van der Waals surface area contributed by atoms with Gasteiger partial charge in [-0.25, -0.2) is 9.97 Å². The zero-order valence-electron chi connectivity index (χ0n) is 12.2. The van der Waals surface area contributed by atoms with Crippen LogP contribution >= 0.6 is 23.2 Å². The van der Waals surface area contributed by atoms with Crippen molar-refractivity contribution in [2.75, 3.05) is 36.0 Å². The van der Waals surface area contributed by atoms with Gasteiger partial charge in [-0.2, -0.15) is 19.9 Å². The highest BCUT2D eigenvalue weighted by atomic mass is 35.5. The van der Waals surface area contributed by atoms with Gasteiger partial charge in [-0.15, -0.1) is 0 Å². The van der Waals surface area contributed by atoms with E-state index in [1.807, 2.05) is 0 Å². The molecule has 0 saturated carbocycles. The van der Waals surface area contributed by atoms with Gasteiger partial charge in [0.25, 0.3) is 0 Å². The molecule has 0 N–H and O–H groups in total. The molecule has 1 saturated heterocycles. The van der Waals surface area contributed by atoms with E-state index in [2.05, 4.69) is 39.7 Å². The fourth-order valence-corrected chi connectivity index (χ4v) is 2.66. The molecule has 2 aromatic heterocycles. The van der Waals surface area contributed by atoms with Crippen molar-refractivity contribution in [1.29, 1.82) is 0 Å². The third-order valence-electron chi connectivity index (χ3n) is 3.26. The van der Waals surface area contributed by atoms with Crippen molar-refractivity contribution in [3.05, 3.63) is 22.2 Å². The maximum Gasteiger partial charge on any atom is 0.230 e. The summed E-state index contributed by atoms with van der Waals surface area (Å²) in [7, 11) is 0. The first-order chi connectivity index (χ1) is 10.5. The van der Waals surface area contributed by atoms with Gasteiger partial charge in [-0.1, -0.05) is 0 Å². The monoisotopic (exact) mass is 340 g/mol. The molecule has 3 heterocycles. The molecule has 0 unspecified atom stereocenters. The summed E-state index contributed by atoms with van der Waals surface area (Å²) in [5.74, 6) is 2.42. The largest absolute Gasteiger partial charge is 0.337 e. The molecule has 116 valence electrons. The van der Waals surface area contributed by atoms with Crippen molar-refractivity contribution in [2.45, 2.75) is 13.8 Å². The maximum absolute atomic E-state index is 5.89. The lowest BCUT2D eigenvalue weighted by Gasteiger charge is -2.34. The number of halogens is 2. The predicted octanol–water partition coefficient (Wildman–Crippen LogP) is 1.31. The van der Waals surface area contributed by atoms with E-state index in [0.717, 1.165) is 26.2 Å². The standard InChI is InChI=1S/C12H14Cl2N8/c1-7-15-9(13)19-11(17-7)21-3-5-22(6-4-21)12-18-8(2)16-10(14)20-12/h3-6H2,1-2H3. The summed E-state index contributed by atoms with van der Waals surface area (Å²) in [6.45, 7) is 6.54. The minimum Gasteiger partial charge on any atom is -0.337 e. The van der Waals surface area contributed by atoms with Gasteiger partial charge in [-0.05, 0) is 37.0 Å². The molecule has 8 nitrogen and oxygen atoms in total. The predicted molar refractivity (Wildman–Crippen MR) is 83.6 cm³/mol. The first-order valence-electron chi connectivity index (χ1n) is 6.77. The minimum absolute atomic E-state index is 0.213. The molecule has 3 rings (SSSR count). The van der Waals surface area contributed by atoms with Gasteiger partial charge < -0.3 is 9.80 Å². The number of anilines is 2. The Hall–Kier alpha value is -1.80. The molecule has 0 atom stereocenters. The molecular weight excluding hydrogens is 327 g/mol. The van der Waals surface area contributed by atoms with Gasteiger partial charge >= 0.3 is 0 Å². The van der Waals surface area contributed by atoms with Crippen molar-refractivity contribution in [2.24, 2.45) is 0 Å². The molecule has 10 heteroatoms. The molecule has 0 aromatic carbocycles. The van der Waals surface area contributed by atoms with Crippen molar-refractivity contribution >= 4 is 35.1 Å². The van der Waals surface area contributed by atoms with Crippen LogP contribution in [0.2, 0.25) is 10.6 Å². The molecule has 0 aliphatic carbocycles. The topological polar surface area (TPSA) is 83.8 Å². The molecule has 1 aliphatic rings. The van der Waals surface area contributed by atoms with Crippen LogP contribution in [0.4, 0.5) is 11.9 Å². The van der Waals surface area contributed by atoms with Crippen LogP contribution in [0.3, 0.4) is 0 Å². The number of hydrogen-bond donors (Lipinski definition) is 0. The molecule has 0 bridgehead atoms. The Kier molecular flexibility index (Phi) is 4.21. The second kappa shape index (κ2) is 6.13. The molecule has 1 fully saturated rings. The SMILES string of the molecule is Cc1nc(Cl)nc(N2CCN(c3nc(C)nc(Cl)n3)CC2)n1. The summed E-state index contributed by atoms with van der Waals surface area (Å²) in [5.41, 5.74) is 0. The number of aromatic nitrogens is 6. The maximum atomic E-state index is 5.89. The van der Waals surface area contributed by atoms with E-state index in [1.54, 1.807) is 13.8 Å². The number of piperazine rings is 1. The summed E-state index contributed by atoms with van der Waals surface area (Å²) < 4.78 is 0. The van der Waals surface area contributed by atoms with E-state index in [1.165, 1.54) is 0 Å². The highest BCUT2D eigenvalue weighted by Gasteiger charge is 2.22. The Morgan fingerprint density at radius 1 is 0.636 bits per heavy atom. The summed E-state index contributed by atoms with van der Waals surface area (Å²) in [5, 5.41) is 0.426. The first kappa shape index (κ1) is 15.1. The molecule has 1 aliphatic heterocycles. The average molecular weight is 341 g/mol. The molecule has 22 heavy (non-hydrogen) atoms. The lowest BCUT2D eigenvalue weighted by molar-refractivity contribution is 0.622. The first-order valence-corrected chi connectivity index (χ1v) is 7.53. The average Bonchev–Trinajstić information content (AvgIpc) is 2.45. The van der Waals surface area contributed by atoms with Crippen molar-refractivity contribution in [3.8, 4) is 0 Å². The van der Waals surface area contributed by atoms with Crippen molar-refractivity contribution in [3.63, 3.8) is 0 Å². The Morgan fingerprint density at radius 2 is 1.00 bits per heavy atom. The van der Waals surface area contributed by atoms with Crippen LogP contribution in [0, 0.1) is 13.8 Å². The van der Waals surface area contributed by atoms with E-state index in [9.17, 15) is 0 Å². The van der Waals surface area contributed by atoms with Gasteiger partial charge in [0.15, 0.2) is 0 Å². The van der Waals surface area contributed by atoms with Crippen LogP contribution in [0.25, 0.3) is 0 Å². The van der Waals surface area contributed by atoms with Crippen LogP contribution in [0.5, 0.6) is 0 Å². The minimum atomic E-state index is 0.213. The van der Waals surface area contributed by atoms with E-state index >= 15 is 0 Å². The van der Waals surface area contributed by atoms with E-state index in [4.69, 9.17) is 23.2 Å². The molecular formula is C12H14Cl2N8. The number of nitrogens with zero attached hydrogens (tertiary/aromatic N) is 8. The van der Waals surface area contributed by atoms with Crippen LogP contribution in [0.1, 0.15) is 11.6 Å². The Balaban J connectivity index is 1.72. The van der Waals surface area contributed by atoms with E-state index in [-0.39, 0.29) is 10.6 Å². The quantitative estimate of drug-likeness (QED) is 0.808. The summed E-state index contributed by atoms with van der Waals surface area (Å²) in [6.07, 6.45) is 0. The zero-order chi connectivity index (χ0) is 15.7. The second-order valence-corrected chi connectivity index (χ2v) is 5.55. The summed E-state index contributed by atoms with van der Waals surface area (Å²) in [6, 6.07) is 0. The van der Waals surface area contributed by atoms with Crippen LogP contribution in [0.15, 0.2) is 0 Å². The zero-order valence-corrected chi connectivity index (χ0v) is 13.7. The van der Waals surface area contributed by atoms with Crippen LogP contribution < -0.4 is 9.80 Å². The smallest absolute Gasteiger partial charge is 0.230 e. The van der Waals surface area contributed by atoms with Gasteiger partial charge in [0.05, 0.1) is 0 Å². The van der Waals surface area contributed by atoms with Gasteiger partial charge in [0, 0.05) is 26.2 Å². The highest BCUT2D eigenvalue weighted by molar-refractivity contribution is 6.28. The van der Waals surface area contributed by atoms with Crippen molar-refractivity contribution in [1.82, 2.24) is 29.9 Å². The fourth-order valence-electron chi connectivity index (χ4n) is 2.26. The molecule has 0 radical (unpaired) electrons. The molecule has 2 aromatic rings. The molecule has 0 amide bonds. The van der Waals surface area contributed by atoms with Crippen LogP contribution in [-0.2, 0) is 0 Å². The number of hydrogen-bond acceptors (Lipinski definition) is 8. The van der Waals surface area contributed by atoms with Gasteiger partial charge in [-0.3, -0.25) is 0 Å². The Morgan fingerprint density at radius 3 is 1.32 bits per heavy atom. The molecule has 0 spiro atoms. The number of rotatable bonds is 2. The van der Waals surface area contributed by atoms with Crippen molar-refractivity contribution < 1.29 is 0 Å². The third kappa shape index (κ3) is 3.33. The summed E-state index contributed by atoms with van der Waals surface area (Å²) >= 11 is 11.8. The Bertz CT molecular complexity index is 587. The normalized spacial score (nSPS) is 15.3. The third-order valence-corrected chi connectivity index (χ3v) is 3.60. The lowest BCUT2D eigenvalue weighted by Crippen LogP contribution is -2.47. The van der Waals surface area contributed by atoms with E-state index < -0.39 is 0 Å².